The van der Waals surface area contributed by atoms with Crippen LogP contribution in [-0.2, 0) is 0 Å². The van der Waals surface area contributed by atoms with E-state index in [1.807, 2.05) is 21.5 Å². The first-order chi connectivity index (χ1) is 9.31. The van der Waals surface area contributed by atoms with Gasteiger partial charge in [0.05, 0.1) is 6.04 Å². The number of tetrazole rings is 1. The quantitative estimate of drug-likeness (QED) is 0.727. The Hall–Kier alpha value is -1.48. The summed E-state index contributed by atoms with van der Waals surface area (Å²) in [5.41, 5.74) is 0.804. The van der Waals surface area contributed by atoms with Crippen molar-refractivity contribution in [3.8, 4) is 0 Å². The number of rotatable bonds is 3. The third-order valence-corrected chi connectivity index (χ3v) is 4.16. The topological polar surface area (TPSA) is 73.8 Å². The molecule has 7 nitrogen and oxygen atoms in total. The van der Waals surface area contributed by atoms with Crippen LogP contribution in [0.5, 0.6) is 0 Å². The summed E-state index contributed by atoms with van der Waals surface area (Å²) < 4.78 is 4.54. The third-order valence-electron chi connectivity index (χ3n) is 2.86. The number of nitrogens with zero attached hydrogens (tertiary/aromatic N) is 7. The molecular formula is C10H8BrN7S. The maximum Gasteiger partial charge on any atom is 0.216 e. The molecule has 0 spiro atoms. The summed E-state index contributed by atoms with van der Waals surface area (Å²) in [6.07, 6.45) is 7.79. The lowest BCUT2D eigenvalue weighted by atomic mass is 10.7. The molecule has 0 saturated heterocycles. The fourth-order valence-electron chi connectivity index (χ4n) is 1.83. The standard InChI is InChI=1S/C10H8BrN7S/c11-7-5-17-4-3-12-8(17)9(13-7)19-10-14-15-16-18(10)6-1-2-6/h3-6H,1-2H2. The van der Waals surface area contributed by atoms with Gasteiger partial charge in [-0.25, -0.2) is 14.6 Å². The van der Waals surface area contributed by atoms with E-state index in [4.69, 9.17) is 0 Å². The molecular weight excluding hydrogens is 330 g/mol. The highest BCUT2D eigenvalue weighted by Crippen LogP contribution is 2.38. The summed E-state index contributed by atoms with van der Waals surface area (Å²) in [5.74, 6) is 0. The molecule has 0 radical (unpaired) electrons. The summed E-state index contributed by atoms with van der Waals surface area (Å²) in [7, 11) is 0. The molecule has 3 heterocycles. The van der Waals surface area contributed by atoms with Crippen LogP contribution in [0.15, 0.2) is 33.4 Å². The average molecular weight is 338 g/mol. The van der Waals surface area contributed by atoms with Crippen molar-refractivity contribution in [1.29, 1.82) is 0 Å². The number of hydrogen-bond donors (Lipinski definition) is 0. The van der Waals surface area contributed by atoms with Crippen molar-refractivity contribution in [2.75, 3.05) is 0 Å². The summed E-state index contributed by atoms with van der Waals surface area (Å²) in [4.78, 5) is 8.77. The number of halogens is 1. The van der Waals surface area contributed by atoms with Crippen molar-refractivity contribution >= 4 is 33.3 Å². The number of hydrogen-bond acceptors (Lipinski definition) is 6. The van der Waals surface area contributed by atoms with Gasteiger partial charge >= 0.3 is 0 Å². The highest BCUT2D eigenvalue weighted by molar-refractivity contribution is 9.10. The monoisotopic (exact) mass is 337 g/mol. The zero-order valence-electron chi connectivity index (χ0n) is 9.64. The van der Waals surface area contributed by atoms with E-state index in [1.54, 1.807) is 6.20 Å². The van der Waals surface area contributed by atoms with Crippen LogP contribution in [0, 0.1) is 0 Å². The molecule has 0 atom stereocenters. The van der Waals surface area contributed by atoms with Gasteiger partial charge in [0.25, 0.3) is 0 Å². The molecule has 0 aromatic carbocycles. The zero-order chi connectivity index (χ0) is 12.8. The molecule has 1 aliphatic carbocycles. The van der Waals surface area contributed by atoms with Crippen molar-refractivity contribution in [2.45, 2.75) is 29.1 Å². The zero-order valence-corrected chi connectivity index (χ0v) is 12.0. The van der Waals surface area contributed by atoms with Gasteiger partial charge < -0.3 is 4.40 Å². The average Bonchev–Trinajstić information content (AvgIpc) is 2.94. The van der Waals surface area contributed by atoms with Crippen molar-refractivity contribution < 1.29 is 0 Å². The largest absolute Gasteiger partial charge is 0.302 e. The number of imidazole rings is 1. The van der Waals surface area contributed by atoms with Crippen molar-refractivity contribution in [1.82, 2.24) is 34.6 Å². The molecule has 0 unspecified atom stereocenters. The molecule has 96 valence electrons. The van der Waals surface area contributed by atoms with Crippen LogP contribution in [0.1, 0.15) is 18.9 Å². The lowest BCUT2D eigenvalue weighted by Gasteiger charge is -2.04. The van der Waals surface area contributed by atoms with Gasteiger partial charge in [0.1, 0.15) is 9.63 Å². The highest BCUT2D eigenvalue weighted by Gasteiger charge is 2.28. The lowest BCUT2D eigenvalue weighted by Crippen LogP contribution is -1.99. The highest BCUT2D eigenvalue weighted by atomic mass is 79.9. The molecule has 0 bridgehead atoms. The van der Waals surface area contributed by atoms with E-state index in [0.29, 0.717) is 6.04 Å². The summed E-state index contributed by atoms with van der Waals surface area (Å²) in [6.45, 7) is 0. The Labute approximate surface area is 120 Å². The van der Waals surface area contributed by atoms with Gasteiger partial charge in [-0.15, -0.1) is 5.10 Å². The second-order valence-corrected chi connectivity index (χ2v) is 6.03. The first-order valence-corrected chi connectivity index (χ1v) is 7.37. The van der Waals surface area contributed by atoms with E-state index in [2.05, 4.69) is 41.4 Å². The SMILES string of the molecule is Brc1cn2ccnc2c(Sc2nnnn2C2CC2)n1. The molecule has 1 aliphatic rings. The number of aromatic nitrogens is 7. The van der Waals surface area contributed by atoms with Gasteiger partial charge in [0, 0.05) is 18.6 Å². The minimum absolute atomic E-state index is 0.445. The first-order valence-electron chi connectivity index (χ1n) is 5.76. The molecule has 19 heavy (non-hydrogen) atoms. The molecule has 1 saturated carbocycles. The van der Waals surface area contributed by atoms with Crippen LogP contribution < -0.4 is 0 Å². The maximum atomic E-state index is 4.46. The van der Waals surface area contributed by atoms with E-state index in [0.717, 1.165) is 33.3 Å². The molecule has 0 aliphatic heterocycles. The number of fused-ring (bicyclic) bond motifs is 1. The van der Waals surface area contributed by atoms with Gasteiger partial charge in [-0.05, 0) is 51.0 Å². The molecule has 1 fully saturated rings. The van der Waals surface area contributed by atoms with Crippen LogP contribution in [0.2, 0.25) is 0 Å². The third kappa shape index (κ3) is 2.02. The summed E-state index contributed by atoms with van der Waals surface area (Å²) in [5, 5.41) is 13.4. The van der Waals surface area contributed by atoms with Crippen molar-refractivity contribution in [2.24, 2.45) is 0 Å². The van der Waals surface area contributed by atoms with Crippen LogP contribution in [0.25, 0.3) is 5.65 Å². The second kappa shape index (κ2) is 4.27. The van der Waals surface area contributed by atoms with E-state index in [-0.39, 0.29) is 0 Å². The normalized spacial score (nSPS) is 15.2. The lowest BCUT2D eigenvalue weighted by molar-refractivity contribution is 0.565. The molecule has 3 aromatic heterocycles. The first kappa shape index (κ1) is 11.4. The predicted molar refractivity (Wildman–Crippen MR) is 70.9 cm³/mol. The van der Waals surface area contributed by atoms with Crippen LogP contribution in [-0.4, -0.2) is 34.6 Å². The van der Waals surface area contributed by atoms with Crippen molar-refractivity contribution in [3.05, 3.63) is 23.2 Å². The minimum atomic E-state index is 0.445. The Morgan fingerprint density at radius 2 is 2.26 bits per heavy atom. The van der Waals surface area contributed by atoms with Gasteiger partial charge in [0.15, 0.2) is 5.65 Å². The van der Waals surface area contributed by atoms with Crippen LogP contribution >= 0.6 is 27.7 Å². The summed E-state index contributed by atoms with van der Waals surface area (Å²) in [6, 6.07) is 0.445. The van der Waals surface area contributed by atoms with E-state index in [9.17, 15) is 0 Å². The Morgan fingerprint density at radius 3 is 3.11 bits per heavy atom. The van der Waals surface area contributed by atoms with E-state index < -0.39 is 0 Å². The fraction of sp³-hybridized carbons (Fsp3) is 0.300. The van der Waals surface area contributed by atoms with Gasteiger partial charge in [-0.1, -0.05) is 0 Å². The fourth-order valence-corrected chi connectivity index (χ4v) is 3.27. The van der Waals surface area contributed by atoms with Crippen molar-refractivity contribution in [3.63, 3.8) is 0 Å². The Balaban J connectivity index is 1.78. The molecule has 9 heteroatoms. The van der Waals surface area contributed by atoms with Gasteiger partial charge in [-0.2, -0.15) is 0 Å². The van der Waals surface area contributed by atoms with Crippen LogP contribution in [0.3, 0.4) is 0 Å². The molecule has 3 aromatic rings. The molecule has 4 rings (SSSR count). The minimum Gasteiger partial charge on any atom is -0.302 e. The Morgan fingerprint density at radius 1 is 1.37 bits per heavy atom. The Bertz CT molecular complexity index is 747. The van der Waals surface area contributed by atoms with E-state index >= 15 is 0 Å². The Kier molecular flexibility index (Phi) is 2.55. The predicted octanol–water partition coefficient (Wildman–Crippen LogP) is 1.96. The molecule has 0 amide bonds. The molecule has 0 N–H and O–H groups in total. The summed E-state index contributed by atoms with van der Waals surface area (Å²) >= 11 is 4.84. The van der Waals surface area contributed by atoms with Gasteiger partial charge in [0.2, 0.25) is 5.16 Å². The van der Waals surface area contributed by atoms with Gasteiger partial charge in [-0.3, -0.25) is 0 Å². The van der Waals surface area contributed by atoms with Crippen LogP contribution in [0.4, 0.5) is 0 Å². The smallest absolute Gasteiger partial charge is 0.216 e. The van der Waals surface area contributed by atoms with E-state index in [1.165, 1.54) is 11.8 Å². The second-order valence-electron chi connectivity index (χ2n) is 4.27. The maximum absolute atomic E-state index is 4.46.